The van der Waals surface area contributed by atoms with Crippen LogP contribution in [0.1, 0.15) is 37.8 Å². The molecule has 0 spiro atoms. The fourth-order valence-electron chi connectivity index (χ4n) is 2.35. The molecule has 2 N–H and O–H groups in total. The smallest absolute Gasteiger partial charge is 0.262 e. The predicted molar refractivity (Wildman–Crippen MR) is 89.2 cm³/mol. The van der Waals surface area contributed by atoms with Gasteiger partial charge in [-0.3, -0.25) is 4.79 Å². The molecule has 0 saturated heterocycles. The van der Waals surface area contributed by atoms with E-state index in [-0.39, 0.29) is 18.6 Å². The molecule has 4 nitrogen and oxygen atoms in total. The molecule has 1 unspecified atom stereocenters. The summed E-state index contributed by atoms with van der Waals surface area (Å²) >= 11 is 1.91. The Bertz CT molecular complexity index is 479. The van der Waals surface area contributed by atoms with E-state index in [1.165, 1.54) is 30.6 Å². The summed E-state index contributed by atoms with van der Waals surface area (Å²) in [5.74, 6) is 1.91. The minimum absolute atomic E-state index is 0.0888. The molecule has 0 aliphatic carbocycles. The summed E-state index contributed by atoms with van der Waals surface area (Å²) in [7, 11) is 0. The molecule has 116 valence electrons. The highest BCUT2D eigenvalue weighted by Gasteiger charge is 2.17. The van der Waals surface area contributed by atoms with E-state index in [9.17, 15) is 4.79 Å². The molecule has 0 radical (unpaired) electrons. The van der Waals surface area contributed by atoms with Gasteiger partial charge in [0, 0.05) is 6.04 Å². The van der Waals surface area contributed by atoms with E-state index in [2.05, 4.69) is 29.9 Å². The maximum atomic E-state index is 11.4. The molecule has 0 bridgehead atoms. The van der Waals surface area contributed by atoms with Crippen LogP contribution in [-0.4, -0.2) is 31.1 Å². The van der Waals surface area contributed by atoms with Crippen molar-refractivity contribution >= 4 is 23.4 Å². The lowest BCUT2D eigenvalue weighted by molar-refractivity contribution is -0.118. The number of ether oxygens (including phenoxy) is 1. The van der Waals surface area contributed by atoms with Gasteiger partial charge in [-0.1, -0.05) is 12.5 Å². The van der Waals surface area contributed by atoms with Gasteiger partial charge >= 0.3 is 0 Å². The molecule has 2 rings (SSSR count). The van der Waals surface area contributed by atoms with Gasteiger partial charge in [-0.05, 0) is 56.0 Å². The molecule has 5 heteroatoms. The number of hydrogen-bond acceptors (Lipinski definition) is 4. The van der Waals surface area contributed by atoms with Crippen molar-refractivity contribution in [2.45, 2.75) is 32.2 Å². The average Bonchev–Trinajstić information content (AvgIpc) is 2.49. The van der Waals surface area contributed by atoms with Crippen LogP contribution in [0.2, 0.25) is 0 Å². The quantitative estimate of drug-likeness (QED) is 0.724. The van der Waals surface area contributed by atoms with Crippen LogP contribution in [0.3, 0.4) is 0 Å². The first-order chi connectivity index (χ1) is 10.2. The van der Waals surface area contributed by atoms with Gasteiger partial charge in [0.05, 0.1) is 5.69 Å². The fraction of sp³-hybridized carbons (Fsp3) is 0.562. The summed E-state index contributed by atoms with van der Waals surface area (Å²) in [6.45, 7) is 3.28. The summed E-state index contributed by atoms with van der Waals surface area (Å²) in [5, 5.41) is 6.39. The molecule has 1 aliphatic rings. The Morgan fingerprint density at radius 3 is 3.05 bits per heavy atom. The van der Waals surface area contributed by atoms with Crippen LogP contribution in [0.5, 0.6) is 5.75 Å². The van der Waals surface area contributed by atoms with Gasteiger partial charge in [0.25, 0.3) is 5.91 Å². The van der Waals surface area contributed by atoms with Crippen LogP contribution < -0.4 is 15.4 Å². The van der Waals surface area contributed by atoms with Gasteiger partial charge in [0.1, 0.15) is 5.75 Å². The summed E-state index contributed by atoms with van der Waals surface area (Å²) < 4.78 is 5.37. The van der Waals surface area contributed by atoms with E-state index in [1.54, 1.807) is 0 Å². The first kappa shape index (κ1) is 16.2. The van der Waals surface area contributed by atoms with Crippen molar-refractivity contribution < 1.29 is 9.53 Å². The minimum Gasteiger partial charge on any atom is -0.482 e. The highest BCUT2D eigenvalue weighted by atomic mass is 32.2. The van der Waals surface area contributed by atoms with Gasteiger partial charge in [0.15, 0.2) is 6.61 Å². The standard InChI is InChI=1S/C16H24N2O2S/c1-12(17-8-4-3-5-9-21-2)13-6-7-15-14(10-13)18-16(19)11-20-15/h6-7,10,12,17H,3-5,8-9,11H2,1-2H3,(H,18,19). The molecule has 0 saturated carbocycles. The third kappa shape index (κ3) is 4.93. The highest BCUT2D eigenvalue weighted by molar-refractivity contribution is 7.98. The van der Waals surface area contributed by atoms with E-state index in [0.29, 0.717) is 0 Å². The second kappa shape index (κ2) is 8.29. The zero-order valence-electron chi connectivity index (χ0n) is 12.8. The van der Waals surface area contributed by atoms with Gasteiger partial charge < -0.3 is 15.4 Å². The van der Waals surface area contributed by atoms with E-state index >= 15 is 0 Å². The molecule has 0 aromatic heterocycles. The zero-order chi connectivity index (χ0) is 15.1. The number of anilines is 1. The third-order valence-electron chi connectivity index (χ3n) is 3.61. The summed E-state index contributed by atoms with van der Waals surface area (Å²) in [5.41, 5.74) is 1.95. The topological polar surface area (TPSA) is 50.4 Å². The molecule has 1 atom stereocenters. The predicted octanol–water partition coefficient (Wildman–Crippen LogP) is 3.20. The van der Waals surface area contributed by atoms with Crippen LogP contribution in [0.25, 0.3) is 0 Å². The number of amides is 1. The molecule has 1 heterocycles. The second-order valence-corrected chi connectivity index (χ2v) is 6.31. The normalized spacial score (nSPS) is 15.0. The number of nitrogens with one attached hydrogen (secondary N) is 2. The Kier molecular flexibility index (Phi) is 6.39. The van der Waals surface area contributed by atoms with Crippen molar-refractivity contribution in [3.63, 3.8) is 0 Å². The number of rotatable bonds is 8. The fourth-order valence-corrected chi connectivity index (χ4v) is 2.85. The molecule has 21 heavy (non-hydrogen) atoms. The Balaban J connectivity index is 1.81. The third-order valence-corrected chi connectivity index (χ3v) is 4.31. The number of hydrogen-bond donors (Lipinski definition) is 2. The first-order valence-corrected chi connectivity index (χ1v) is 8.89. The van der Waals surface area contributed by atoms with Crippen LogP contribution >= 0.6 is 11.8 Å². The number of carbonyl (C=O) groups excluding carboxylic acids is 1. The van der Waals surface area contributed by atoms with Gasteiger partial charge in [-0.15, -0.1) is 0 Å². The molecule has 1 aromatic carbocycles. The zero-order valence-corrected chi connectivity index (χ0v) is 13.6. The van der Waals surface area contributed by atoms with Crippen molar-refractivity contribution in [3.8, 4) is 5.75 Å². The highest BCUT2D eigenvalue weighted by Crippen LogP contribution is 2.30. The minimum atomic E-state index is -0.0888. The summed E-state index contributed by atoms with van der Waals surface area (Å²) in [6, 6.07) is 6.26. The van der Waals surface area contributed by atoms with E-state index in [1.807, 2.05) is 23.9 Å². The second-order valence-electron chi connectivity index (χ2n) is 5.32. The molecule has 1 aromatic rings. The van der Waals surface area contributed by atoms with Crippen molar-refractivity contribution in [1.82, 2.24) is 5.32 Å². The van der Waals surface area contributed by atoms with Gasteiger partial charge in [0.2, 0.25) is 0 Å². The molecule has 1 amide bonds. The lowest BCUT2D eigenvalue weighted by atomic mass is 10.1. The monoisotopic (exact) mass is 308 g/mol. The Labute approximate surface area is 131 Å². The Morgan fingerprint density at radius 1 is 1.38 bits per heavy atom. The molecular formula is C16H24N2O2S. The average molecular weight is 308 g/mol. The number of benzene rings is 1. The van der Waals surface area contributed by atoms with Crippen LogP contribution in [0, 0.1) is 0 Å². The number of thioether (sulfide) groups is 1. The van der Waals surface area contributed by atoms with Crippen LogP contribution in [0.4, 0.5) is 5.69 Å². The van der Waals surface area contributed by atoms with E-state index < -0.39 is 0 Å². The van der Waals surface area contributed by atoms with E-state index in [0.717, 1.165) is 18.0 Å². The SMILES string of the molecule is CSCCCCCNC(C)c1ccc2c(c1)NC(=O)CO2. The lowest BCUT2D eigenvalue weighted by Gasteiger charge is -2.21. The largest absolute Gasteiger partial charge is 0.482 e. The van der Waals surface area contributed by atoms with E-state index in [4.69, 9.17) is 4.74 Å². The van der Waals surface area contributed by atoms with Crippen molar-refractivity contribution in [2.75, 3.05) is 30.5 Å². The number of fused-ring (bicyclic) bond motifs is 1. The van der Waals surface area contributed by atoms with Gasteiger partial charge in [-0.2, -0.15) is 11.8 Å². The van der Waals surface area contributed by atoms with Crippen molar-refractivity contribution in [3.05, 3.63) is 23.8 Å². The Morgan fingerprint density at radius 2 is 2.24 bits per heavy atom. The first-order valence-electron chi connectivity index (χ1n) is 7.49. The molecule has 0 fully saturated rings. The lowest BCUT2D eigenvalue weighted by Crippen LogP contribution is -2.26. The molecular weight excluding hydrogens is 284 g/mol. The maximum absolute atomic E-state index is 11.4. The van der Waals surface area contributed by atoms with Crippen LogP contribution in [0.15, 0.2) is 18.2 Å². The number of unbranched alkanes of at least 4 members (excludes halogenated alkanes) is 2. The van der Waals surface area contributed by atoms with Crippen molar-refractivity contribution in [1.29, 1.82) is 0 Å². The van der Waals surface area contributed by atoms with Gasteiger partial charge in [-0.25, -0.2) is 0 Å². The number of carbonyl (C=O) groups is 1. The Hall–Kier alpha value is -1.20. The molecule has 1 aliphatic heterocycles. The van der Waals surface area contributed by atoms with Crippen molar-refractivity contribution in [2.24, 2.45) is 0 Å². The summed E-state index contributed by atoms with van der Waals surface area (Å²) in [4.78, 5) is 11.4. The summed E-state index contributed by atoms with van der Waals surface area (Å²) in [6.07, 6.45) is 5.92. The maximum Gasteiger partial charge on any atom is 0.262 e. The van der Waals surface area contributed by atoms with Crippen LogP contribution in [-0.2, 0) is 4.79 Å².